The number of halogens is 5. The number of pyridine rings is 1. The number of benzene rings is 1. The molecule has 0 saturated carbocycles. The third-order valence-corrected chi connectivity index (χ3v) is 6.11. The number of nitrogens with zero attached hydrogens (tertiary/aromatic N) is 4. The van der Waals surface area contributed by atoms with Crippen LogP contribution in [0.4, 0.5) is 37.4 Å². The lowest BCUT2D eigenvalue weighted by atomic mass is 9.97. The second-order valence-corrected chi connectivity index (χ2v) is 10.00. The summed E-state index contributed by atoms with van der Waals surface area (Å²) in [5.41, 5.74) is -1.33. The van der Waals surface area contributed by atoms with E-state index in [1.54, 1.807) is 20.8 Å². The average Bonchev–Trinajstić information content (AvgIpc) is 3.36. The molecule has 2 amide bonds. The highest BCUT2D eigenvalue weighted by molar-refractivity contribution is 5.97. The van der Waals surface area contributed by atoms with Crippen molar-refractivity contribution in [2.75, 3.05) is 18.4 Å². The first-order valence-electron chi connectivity index (χ1n) is 11.6. The second-order valence-electron chi connectivity index (χ2n) is 10.00. The molecule has 3 aromatic rings. The smallest absolute Gasteiger partial charge is 0.430 e. The maximum absolute atomic E-state index is 15.3. The van der Waals surface area contributed by atoms with Crippen molar-refractivity contribution in [3.05, 3.63) is 41.8 Å². The minimum absolute atomic E-state index is 0.0319. The molecule has 202 valence electrons. The molecule has 1 saturated heterocycles. The SMILES string of the molecule is CC(C)(C)OC(=O)N1C[C@@H](F)[C@@H](n2nc(-c3ccnc4c3[C@H](C(F)(F)F)OC(=O)N4)c3ccc(F)cc32)C1. The van der Waals surface area contributed by atoms with E-state index >= 15 is 4.39 Å². The van der Waals surface area contributed by atoms with Gasteiger partial charge in [0.15, 0.2) is 0 Å². The number of carbonyl (C=O) groups is 2. The number of nitrogens with one attached hydrogen (secondary N) is 1. The third kappa shape index (κ3) is 4.58. The van der Waals surface area contributed by atoms with E-state index in [-0.39, 0.29) is 41.1 Å². The molecule has 3 atom stereocenters. The van der Waals surface area contributed by atoms with Gasteiger partial charge in [-0.15, -0.1) is 0 Å². The lowest BCUT2D eigenvalue weighted by Gasteiger charge is -2.28. The van der Waals surface area contributed by atoms with Crippen molar-refractivity contribution in [3.63, 3.8) is 0 Å². The van der Waals surface area contributed by atoms with Gasteiger partial charge >= 0.3 is 18.4 Å². The first kappa shape index (κ1) is 25.7. The number of aromatic nitrogens is 3. The van der Waals surface area contributed by atoms with Gasteiger partial charge in [-0.1, -0.05) is 0 Å². The van der Waals surface area contributed by atoms with Crippen molar-refractivity contribution in [2.24, 2.45) is 0 Å². The molecule has 1 N–H and O–H groups in total. The van der Waals surface area contributed by atoms with Gasteiger partial charge < -0.3 is 14.4 Å². The van der Waals surface area contributed by atoms with Gasteiger partial charge in [0.2, 0.25) is 6.10 Å². The number of fused-ring (bicyclic) bond motifs is 2. The fourth-order valence-electron chi connectivity index (χ4n) is 4.58. The number of likely N-dealkylation sites (tertiary alicyclic amines) is 1. The lowest BCUT2D eigenvalue weighted by molar-refractivity contribution is -0.206. The second kappa shape index (κ2) is 8.81. The molecule has 1 fully saturated rings. The summed E-state index contributed by atoms with van der Waals surface area (Å²) in [4.78, 5) is 29.3. The Hall–Kier alpha value is -3.97. The molecule has 0 unspecified atom stereocenters. The van der Waals surface area contributed by atoms with E-state index < -0.39 is 53.7 Å². The first-order valence-corrected chi connectivity index (χ1v) is 11.6. The minimum Gasteiger partial charge on any atom is -0.444 e. The molecule has 0 spiro atoms. The van der Waals surface area contributed by atoms with Crippen molar-refractivity contribution >= 4 is 28.9 Å². The Balaban J connectivity index is 1.63. The van der Waals surface area contributed by atoms with Crippen LogP contribution >= 0.6 is 0 Å². The molecule has 0 radical (unpaired) electrons. The number of ether oxygens (including phenoxy) is 2. The molecule has 2 aromatic heterocycles. The Morgan fingerprint density at radius 3 is 2.61 bits per heavy atom. The summed E-state index contributed by atoms with van der Waals surface area (Å²) in [5.74, 6) is -1.05. The number of amides is 2. The van der Waals surface area contributed by atoms with Crippen LogP contribution in [-0.4, -0.2) is 62.9 Å². The maximum atomic E-state index is 15.3. The minimum atomic E-state index is -4.97. The summed E-state index contributed by atoms with van der Waals surface area (Å²) >= 11 is 0. The fraction of sp³-hybridized carbons (Fsp3) is 0.417. The Morgan fingerprint density at radius 1 is 1.18 bits per heavy atom. The summed E-state index contributed by atoms with van der Waals surface area (Å²) in [6.45, 7) is 4.51. The number of alkyl halides is 4. The van der Waals surface area contributed by atoms with E-state index in [9.17, 15) is 27.2 Å². The predicted octanol–water partition coefficient (Wildman–Crippen LogP) is 5.53. The van der Waals surface area contributed by atoms with Gasteiger partial charge in [-0.05, 0) is 45.0 Å². The third-order valence-electron chi connectivity index (χ3n) is 6.11. The Bertz CT molecular complexity index is 1430. The summed E-state index contributed by atoms with van der Waals surface area (Å²) < 4.78 is 82.2. The van der Waals surface area contributed by atoms with E-state index in [1.807, 2.05) is 0 Å². The summed E-state index contributed by atoms with van der Waals surface area (Å²) in [6.07, 6.45) is -10.1. The molecular formula is C24H22F5N5O4. The highest BCUT2D eigenvalue weighted by Crippen LogP contribution is 2.46. The van der Waals surface area contributed by atoms with Crippen LogP contribution in [0.2, 0.25) is 0 Å². The standard InChI is InChI=1S/C24H22F5N5O4/c1-23(2,3)38-22(36)33-9-14(26)16(10-33)34-15-8-11(25)4-5-12(15)18(32-34)13-6-7-30-20-17(13)19(24(27,28)29)37-21(35)31-20/h4-8,14,16,19H,9-10H2,1-3H3,(H,30,31,35)/t14-,16+,19-/m1/s1. The maximum Gasteiger partial charge on any atom is 0.430 e. The van der Waals surface area contributed by atoms with Gasteiger partial charge in [0.05, 0.1) is 17.6 Å². The molecule has 14 heteroatoms. The zero-order valence-corrected chi connectivity index (χ0v) is 20.3. The van der Waals surface area contributed by atoms with Gasteiger partial charge in [0.1, 0.15) is 35.1 Å². The molecule has 5 rings (SSSR count). The highest BCUT2D eigenvalue weighted by Gasteiger charge is 2.49. The van der Waals surface area contributed by atoms with Crippen LogP contribution in [0, 0.1) is 5.82 Å². The summed E-state index contributed by atoms with van der Waals surface area (Å²) in [6, 6.07) is 3.67. The van der Waals surface area contributed by atoms with Crippen LogP contribution in [0.5, 0.6) is 0 Å². The van der Waals surface area contributed by atoms with Crippen molar-refractivity contribution in [1.82, 2.24) is 19.7 Å². The molecule has 1 aromatic carbocycles. The highest BCUT2D eigenvalue weighted by atomic mass is 19.4. The van der Waals surface area contributed by atoms with Gasteiger partial charge in [-0.25, -0.2) is 23.4 Å². The predicted molar refractivity (Wildman–Crippen MR) is 124 cm³/mol. The van der Waals surface area contributed by atoms with Crippen molar-refractivity contribution in [3.8, 4) is 11.3 Å². The molecule has 38 heavy (non-hydrogen) atoms. The average molecular weight is 539 g/mol. The van der Waals surface area contributed by atoms with Gasteiger partial charge in [0.25, 0.3) is 0 Å². The number of carbonyl (C=O) groups excluding carboxylic acids is 2. The van der Waals surface area contributed by atoms with Crippen LogP contribution < -0.4 is 5.32 Å². The number of cyclic esters (lactones) is 1. The Labute approximate surface area is 212 Å². The van der Waals surface area contributed by atoms with Crippen LogP contribution in [0.15, 0.2) is 30.5 Å². The van der Waals surface area contributed by atoms with E-state index in [0.29, 0.717) is 0 Å². The largest absolute Gasteiger partial charge is 0.444 e. The summed E-state index contributed by atoms with van der Waals surface area (Å²) in [7, 11) is 0. The number of anilines is 1. The van der Waals surface area contributed by atoms with Crippen LogP contribution in [-0.2, 0) is 9.47 Å². The lowest BCUT2D eigenvalue weighted by Crippen LogP contribution is -2.35. The molecule has 4 heterocycles. The van der Waals surface area contributed by atoms with E-state index in [2.05, 4.69) is 20.1 Å². The van der Waals surface area contributed by atoms with Crippen LogP contribution in [0.1, 0.15) is 38.5 Å². The van der Waals surface area contributed by atoms with Crippen LogP contribution in [0.25, 0.3) is 22.2 Å². The van der Waals surface area contributed by atoms with Gasteiger partial charge in [-0.2, -0.15) is 18.3 Å². The number of hydrogen-bond acceptors (Lipinski definition) is 6. The van der Waals surface area contributed by atoms with Gasteiger partial charge in [0, 0.05) is 23.7 Å². The Kier molecular flexibility index (Phi) is 5.95. The summed E-state index contributed by atoms with van der Waals surface area (Å²) in [5, 5.41) is 6.79. The molecular weight excluding hydrogens is 517 g/mol. The zero-order chi connectivity index (χ0) is 27.6. The van der Waals surface area contributed by atoms with E-state index in [4.69, 9.17) is 4.74 Å². The Morgan fingerprint density at radius 2 is 1.92 bits per heavy atom. The molecule has 2 aliphatic rings. The van der Waals surface area contributed by atoms with Crippen molar-refractivity contribution in [1.29, 1.82) is 0 Å². The quantitative estimate of drug-likeness (QED) is 0.430. The molecule has 2 aliphatic heterocycles. The van der Waals surface area contributed by atoms with Gasteiger partial charge in [-0.3, -0.25) is 10.00 Å². The normalized spacial score (nSPS) is 21.7. The van der Waals surface area contributed by atoms with Crippen LogP contribution in [0.3, 0.4) is 0 Å². The first-order chi connectivity index (χ1) is 17.7. The monoisotopic (exact) mass is 539 g/mol. The fourth-order valence-corrected chi connectivity index (χ4v) is 4.58. The van der Waals surface area contributed by atoms with Crippen molar-refractivity contribution in [2.45, 2.75) is 50.9 Å². The number of hydrogen-bond donors (Lipinski definition) is 1. The zero-order valence-electron chi connectivity index (χ0n) is 20.3. The van der Waals surface area contributed by atoms with E-state index in [0.717, 1.165) is 17.0 Å². The van der Waals surface area contributed by atoms with Crippen molar-refractivity contribution < 1.29 is 41.0 Å². The van der Waals surface area contributed by atoms with E-state index in [1.165, 1.54) is 23.0 Å². The topological polar surface area (TPSA) is 98.6 Å². The molecule has 0 bridgehead atoms. The number of rotatable bonds is 2. The molecule has 9 nitrogen and oxygen atoms in total. The molecule has 0 aliphatic carbocycles.